The molecule has 0 heterocycles. The summed E-state index contributed by atoms with van der Waals surface area (Å²) in [5.74, 6) is 0. The van der Waals surface area contributed by atoms with E-state index in [0.717, 1.165) is 10.9 Å². The van der Waals surface area contributed by atoms with Gasteiger partial charge in [-0.25, -0.2) is 0 Å². The lowest BCUT2D eigenvalue weighted by molar-refractivity contribution is 0.357. The van der Waals surface area contributed by atoms with E-state index in [0.29, 0.717) is 6.61 Å². The Bertz CT molecular complexity index is 284. The molecule has 0 aliphatic carbocycles. The lowest BCUT2D eigenvalue weighted by atomic mass is 10.2. The third kappa shape index (κ3) is 2.40. The van der Waals surface area contributed by atoms with Crippen LogP contribution in [0.5, 0.6) is 0 Å². The van der Waals surface area contributed by atoms with Gasteiger partial charge in [-0.3, -0.25) is 0 Å². The first-order valence-corrected chi connectivity index (χ1v) is 5.08. The van der Waals surface area contributed by atoms with Crippen molar-refractivity contribution in [1.29, 1.82) is 0 Å². The average Bonchev–Trinajstić information content (AvgIpc) is 2.05. The van der Waals surface area contributed by atoms with Crippen LogP contribution >= 0.6 is 8.03 Å². The summed E-state index contributed by atoms with van der Waals surface area (Å²) >= 11 is 0. The fourth-order valence-corrected chi connectivity index (χ4v) is 1.83. The van der Waals surface area contributed by atoms with Gasteiger partial charge in [0.25, 0.3) is 0 Å². The third-order valence-corrected chi connectivity index (χ3v) is 2.65. The molecule has 1 aromatic carbocycles. The van der Waals surface area contributed by atoms with Gasteiger partial charge in [-0.1, -0.05) is 12.1 Å². The second-order valence-corrected chi connectivity index (χ2v) is 3.80. The first-order valence-electron chi connectivity index (χ1n) is 3.91. The largest absolute Gasteiger partial charge is 0.548 e. The van der Waals surface area contributed by atoms with Crippen LogP contribution in [0, 0.1) is 6.92 Å². The minimum atomic E-state index is -1.64. The molecule has 2 nitrogen and oxygen atoms in total. The van der Waals surface area contributed by atoms with E-state index in [1.165, 1.54) is 0 Å². The number of rotatable bonds is 3. The van der Waals surface area contributed by atoms with Gasteiger partial charge in [0.2, 0.25) is 5.30 Å². The van der Waals surface area contributed by atoms with E-state index in [1.54, 1.807) is 0 Å². The van der Waals surface area contributed by atoms with Crippen molar-refractivity contribution in [2.24, 2.45) is 0 Å². The van der Waals surface area contributed by atoms with Crippen molar-refractivity contribution < 1.29 is 9.09 Å². The first-order chi connectivity index (χ1) is 5.74. The molecule has 0 N–H and O–H groups in total. The van der Waals surface area contributed by atoms with Gasteiger partial charge in [0.1, 0.15) is 6.61 Å². The molecular weight excluding hydrogens is 171 g/mol. The normalized spacial score (nSPS) is 11.3. The van der Waals surface area contributed by atoms with Gasteiger partial charge < -0.3 is 0 Å². The Hall–Kier alpha value is -0.720. The summed E-state index contributed by atoms with van der Waals surface area (Å²) in [6.07, 6.45) is 0. The lowest BCUT2D eigenvalue weighted by Gasteiger charge is -1.89. The van der Waals surface area contributed by atoms with Crippen LogP contribution in [-0.2, 0) is 9.09 Å². The number of hydrogen-bond donors (Lipinski definition) is 0. The molecule has 1 rings (SSSR count). The molecule has 3 heteroatoms. The second kappa shape index (κ2) is 4.34. The molecule has 0 saturated heterocycles. The van der Waals surface area contributed by atoms with Crippen LogP contribution in [0.3, 0.4) is 0 Å². The Balaban J connectivity index is 2.81. The van der Waals surface area contributed by atoms with Crippen LogP contribution in [0.2, 0.25) is 0 Å². The van der Waals surface area contributed by atoms with E-state index in [9.17, 15) is 4.57 Å². The zero-order valence-corrected chi connectivity index (χ0v) is 8.17. The molecule has 1 atom stereocenters. The van der Waals surface area contributed by atoms with Crippen LogP contribution in [-0.4, -0.2) is 6.61 Å². The molecule has 1 unspecified atom stereocenters. The van der Waals surface area contributed by atoms with E-state index >= 15 is 0 Å². The minimum absolute atomic E-state index is 0.489. The third-order valence-electron chi connectivity index (χ3n) is 1.46. The maximum absolute atomic E-state index is 11.3. The van der Waals surface area contributed by atoms with Crippen LogP contribution in [0.25, 0.3) is 0 Å². The predicted octanol–water partition coefficient (Wildman–Crippen LogP) is 2.40. The Labute approximate surface area is 73.4 Å². The highest BCUT2D eigenvalue weighted by Crippen LogP contribution is 2.20. The van der Waals surface area contributed by atoms with Gasteiger partial charge in [-0.15, -0.1) is 4.52 Å². The predicted molar refractivity (Wildman–Crippen MR) is 50.0 cm³/mol. The molecule has 64 valence electrons. The highest BCUT2D eigenvalue weighted by atomic mass is 31.1. The van der Waals surface area contributed by atoms with Crippen molar-refractivity contribution >= 4 is 13.3 Å². The zero-order valence-electron chi connectivity index (χ0n) is 7.28. The van der Waals surface area contributed by atoms with Crippen molar-refractivity contribution in [1.82, 2.24) is 0 Å². The quantitative estimate of drug-likeness (QED) is 0.672. The maximum atomic E-state index is 11.3. The first kappa shape index (κ1) is 9.37. The van der Waals surface area contributed by atoms with Crippen LogP contribution < -0.4 is 5.30 Å². The minimum Gasteiger partial charge on any atom is -0.142 e. The van der Waals surface area contributed by atoms with Gasteiger partial charge >= 0.3 is 8.03 Å². The van der Waals surface area contributed by atoms with E-state index in [-0.39, 0.29) is 0 Å². The fourth-order valence-electron chi connectivity index (χ4n) is 0.933. The summed E-state index contributed by atoms with van der Waals surface area (Å²) < 4.78 is 16.3. The van der Waals surface area contributed by atoms with E-state index < -0.39 is 8.03 Å². The molecule has 0 aliphatic heterocycles. The molecule has 0 saturated carbocycles. The molecule has 0 radical (unpaired) electrons. The maximum Gasteiger partial charge on any atom is 0.548 e. The molecule has 0 spiro atoms. The Kier molecular flexibility index (Phi) is 3.39. The van der Waals surface area contributed by atoms with E-state index in [1.807, 2.05) is 38.1 Å². The summed E-state index contributed by atoms with van der Waals surface area (Å²) in [5.41, 5.74) is 1.11. The van der Waals surface area contributed by atoms with Gasteiger partial charge in [0.05, 0.1) is 0 Å². The van der Waals surface area contributed by atoms with Crippen molar-refractivity contribution in [3.63, 3.8) is 0 Å². The molecule has 0 fully saturated rings. The van der Waals surface area contributed by atoms with Crippen LogP contribution in [0.1, 0.15) is 12.5 Å². The lowest BCUT2D eigenvalue weighted by Crippen LogP contribution is -1.98. The zero-order chi connectivity index (χ0) is 8.97. The van der Waals surface area contributed by atoms with E-state index in [4.69, 9.17) is 4.52 Å². The summed E-state index contributed by atoms with van der Waals surface area (Å²) in [6.45, 7) is 4.30. The molecule has 0 aromatic heterocycles. The van der Waals surface area contributed by atoms with Crippen molar-refractivity contribution in [3.8, 4) is 0 Å². The standard InChI is InChI=1S/C9H12O2P/c1-3-11-12(10)9-6-4-5-8(2)7-9/h4-7H,3H2,1-2H3/q+1. The average molecular weight is 183 g/mol. The number of benzene rings is 1. The Morgan fingerprint density at radius 2 is 2.25 bits per heavy atom. The molecule has 0 amide bonds. The molecule has 0 bridgehead atoms. The Morgan fingerprint density at radius 3 is 2.83 bits per heavy atom. The van der Waals surface area contributed by atoms with Gasteiger partial charge in [-0.05, 0) is 36.1 Å². The highest BCUT2D eigenvalue weighted by molar-refractivity contribution is 7.48. The molecule has 1 aromatic rings. The topological polar surface area (TPSA) is 26.3 Å². The molecule has 0 aliphatic rings. The van der Waals surface area contributed by atoms with Crippen molar-refractivity contribution in [2.45, 2.75) is 13.8 Å². The van der Waals surface area contributed by atoms with Crippen molar-refractivity contribution in [3.05, 3.63) is 29.8 Å². The molecule has 12 heavy (non-hydrogen) atoms. The fraction of sp³-hybridized carbons (Fsp3) is 0.333. The summed E-state index contributed by atoms with van der Waals surface area (Å²) in [5, 5.41) is 0.770. The smallest absolute Gasteiger partial charge is 0.142 e. The van der Waals surface area contributed by atoms with Crippen molar-refractivity contribution in [2.75, 3.05) is 6.61 Å². The van der Waals surface area contributed by atoms with Gasteiger partial charge in [-0.2, -0.15) is 0 Å². The summed E-state index contributed by atoms with van der Waals surface area (Å²) in [4.78, 5) is 0. The monoisotopic (exact) mass is 183 g/mol. The SMILES string of the molecule is CCO[P+](=O)c1cccc(C)c1. The summed E-state index contributed by atoms with van der Waals surface area (Å²) in [7, 11) is -1.64. The second-order valence-electron chi connectivity index (χ2n) is 2.51. The van der Waals surface area contributed by atoms with Gasteiger partial charge in [0.15, 0.2) is 0 Å². The highest BCUT2D eigenvalue weighted by Gasteiger charge is 2.20. The molecular formula is C9H12O2P+. The summed E-state index contributed by atoms with van der Waals surface area (Å²) in [6, 6.07) is 7.56. The Morgan fingerprint density at radius 1 is 1.50 bits per heavy atom. The van der Waals surface area contributed by atoms with Crippen LogP contribution in [0.15, 0.2) is 24.3 Å². The number of hydrogen-bond acceptors (Lipinski definition) is 2. The number of aryl methyl sites for hydroxylation is 1. The van der Waals surface area contributed by atoms with E-state index in [2.05, 4.69) is 0 Å². The van der Waals surface area contributed by atoms with Crippen LogP contribution in [0.4, 0.5) is 0 Å². The van der Waals surface area contributed by atoms with Gasteiger partial charge in [0, 0.05) is 0 Å².